The Kier molecular flexibility index (Phi) is 3.19. The minimum atomic E-state index is -0.116. The molecule has 0 aromatic carbocycles. The number of thiocarbonyl (C=S) groups is 1. The van der Waals surface area contributed by atoms with Gasteiger partial charge in [0.2, 0.25) is 0 Å². The van der Waals surface area contributed by atoms with Crippen molar-refractivity contribution < 1.29 is 9.21 Å². The summed E-state index contributed by atoms with van der Waals surface area (Å²) in [5.41, 5.74) is 5.61. The van der Waals surface area contributed by atoms with Crippen molar-refractivity contribution in [1.82, 2.24) is 4.90 Å². The summed E-state index contributed by atoms with van der Waals surface area (Å²) in [6.45, 7) is 3.41. The number of nitrogens with two attached hydrogens (primary N) is 1. The van der Waals surface area contributed by atoms with E-state index in [2.05, 4.69) is 6.92 Å². The number of amides is 1. The smallest absolute Gasteiger partial charge is 0.289 e. The zero-order valence-corrected chi connectivity index (χ0v) is 10.6. The van der Waals surface area contributed by atoms with Crippen molar-refractivity contribution in [1.29, 1.82) is 0 Å². The molecule has 1 saturated heterocycles. The monoisotopic (exact) mass is 252 g/mol. The van der Waals surface area contributed by atoms with E-state index >= 15 is 0 Å². The number of rotatable bonds is 2. The molecule has 2 rings (SSSR count). The highest BCUT2D eigenvalue weighted by molar-refractivity contribution is 7.80. The van der Waals surface area contributed by atoms with E-state index in [1.807, 2.05) is 0 Å². The zero-order chi connectivity index (χ0) is 12.5. The molecule has 1 fully saturated rings. The fourth-order valence-electron chi connectivity index (χ4n) is 2.01. The van der Waals surface area contributed by atoms with Gasteiger partial charge in [-0.2, -0.15) is 0 Å². The molecule has 1 aromatic heterocycles. The Labute approximate surface area is 106 Å². The van der Waals surface area contributed by atoms with Gasteiger partial charge in [0.05, 0.1) is 11.3 Å². The minimum Gasteiger partial charge on any atom is -0.459 e. The van der Waals surface area contributed by atoms with Crippen LogP contribution in [0.4, 0.5) is 0 Å². The average Bonchev–Trinajstić information content (AvgIpc) is 2.82. The maximum absolute atomic E-state index is 12.0. The summed E-state index contributed by atoms with van der Waals surface area (Å²) < 4.78 is 5.11. The van der Waals surface area contributed by atoms with Crippen LogP contribution in [0, 0.1) is 5.41 Å². The lowest BCUT2D eigenvalue weighted by atomic mass is 9.80. The number of carbonyl (C=O) groups is 1. The van der Waals surface area contributed by atoms with Crippen molar-refractivity contribution in [2.75, 3.05) is 13.1 Å². The molecule has 2 heterocycles. The summed E-state index contributed by atoms with van der Waals surface area (Å²) in [6, 6.07) is 3.40. The Balaban J connectivity index is 2.00. The van der Waals surface area contributed by atoms with E-state index in [9.17, 15) is 4.79 Å². The molecule has 0 aliphatic carbocycles. The molecule has 0 bridgehead atoms. The largest absolute Gasteiger partial charge is 0.459 e. The Morgan fingerprint density at radius 1 is 1.53 bits per heavy atom. The first-order valence-corrected chi connectivity index (χ1v) is 6.06. The fraction of sp³-hybridized carbons (Fsp3) is 0.500. The molecule has 92 valence electrons. The highest BCUT2D eigenvalue weighted by Gasteiger charge is 2.34. The number of hydrogen-bond acceptors (Lipinski definition) is 3. The summed E-state index contributed by atoms with van der Waals surface area (Å²) in [5.74, 6) is 0.337. The Bertz CT molecular complexity index is 420. The second-order valence-electron chi connectivity index (χ2n) is 4.69. The third-order valence-corrected chi connectivity index (χ3v) is 3.97. The second-order valence-corrected chi connectivity index (χ2v) is 5.13. The van der Waals surface area contributed by atoms with E-state index in [1.54, 1.807) is 17.0 Å². The molecule has 0 saturated carbocycles. The lowest BCUT2D eigenvalue weighted by molar-refractivity contribution is 0.0638. The van der Waals surface area contributed by atoms with Gasteiger partial charge >= 0.3 is 0 Å². The van der Waals surface area contributed by atoms with Crippen LogP contribution in [0.15, 0.2) is 22.8 Å². The van der Waals surface area contributed by atoms with Gasteiger partial charge in [0.15, 0.2) is 5.76 Å². The summed E-state index contributed by atoms with van der Waals surface area (Å²) in [6.07, 6.45) is 3.14. The molecular weight excluding hydrogens is 236 g/mol. The van der Waals surface area contributed by atoms with Crippen molar-refractivity contribution in [3.8, 4) is 0 Å². The van der Waals surface area contributed by atoms with Crippen LogP contribution in [0.2, 0.25) is 0 Å². The van der Waals surface area contributed by atoms with Crippen molar-refractivity contribution in [3.05, 3.63) is 24.2 Å². The number of hydrogen-bond donors (Lipinski definition) is 1. The molecule has 0 spiro atoms. The molecule has 5 heteroatoms. The van der Waals surface area contributed by atoms with Gasteiger partial charge in [-0.1, -0.05) is 19.1 Å². The topological polar surface area (TPSA) is 59.5 Å². The molecule has 0 atom stereocenters. The molecule has 1 aromatic rings. The van der Waals surface area contributed by atoms with Crippen LogP contribution in [0.3, 0.4) is 0 Å². The molecule has 0 unspecified atom stereocenters. The molecule has 2 N–H and O–H groups in total. The molecule has 4 nitrogen and oxygen atoms in total. The standard InChI is InChI=1S/C12H16N2O2S/c1-12(11(13)17)4-6-14(7-5-12)10(15)9-3-2-8-16-9/h2-3,8H,4-7H2,1H3,(H2,13,17). The van der Waals surface area contributed by atoms with E-state index in [0.29, 0.717) is 23.8 Å². The predicted octanol–water partition coefficient (Wildman–Crippen LogP) is 1.81. The third-order valence-electron chi connectivity index (χ3n) is 3.48. The second kappa shape index (κ2) is 4.49. The van der Waals surface area contributed by atoms with E-state index in [1.165, 1.54) is 6.26 Å². The molecule has 1 aliphatic heterocycles. The SMILES string of the molecule is CC1(C(N)=S)CCN(C(=O)c2ccco2)CC1. The van der Waals surface area contributed by atoms with E-state index < -0.39 is 0 Å². The minimum absolute atomic E-state index is 0.0556. The van der Waals surface area contributed by atoms with Gasteiger partial charge in [-0.3, -0.25) is 4.79 Å². The molecule has 0 radical (unpaired) electrons. The summed E-state index contributed by atoms with van der Waals surface area (Å²) in [5, 5.41) is 0. The highest BCUT2D eigenvalue weighted by atomic mass is 32.1. The first-order chi connectivity index (χ1) is 8.03. The van der Waals surface area contributed by atoms with Crippen LogP contribution < -0.4 is 5.73 Å². The van der Waals surface area contributed by atoms with Crippen LogP contribution in [-0.2, 0) is 0 Å². The van der Waals surface area contributed by atoms with Crippen LogP contribution >= 0.6 is 12.2 Å². The number of piperidine rings is 1. The normalized spacial score (nSPS) is 19.0. The van der Waals surface area contributed by atoms with Crippen LogP contribution in [-0.4, -0.2) is 28.9 Å². The Morgan fingerprint density at radius 3 is 2.65 bits per heavy atom. The van der Waals surface area contributed by atoms with Crippen molar-refractivity contribution in [2.45, 2.75) is 19.8 Å². The number of furan rings is 1. The van der Waals surface area contributed by atoms with Gasteiger partial charge < -0.3 is 15.1 Å². The Morgan fingerprint density at radius 2 is 2.18 bits per heavy atom. The summed E-state index contributed by atoms with van der Waals surface area (Å²) >= 11 is 5.07. The predicted molar refractivity (Wildman–Crippen MR) is 68.7 cm³/mol. The number of nitrogens with zero attached hydrogens (tertiary/aromatic N) is 1. The molecule has 17 heavy (non-hydrogen) atoms. The Hall–Kier alpha value is -1.36. The van der Waals surface area contributed by atoms with Gasteiger partial charge in [-0.25, -0.2) is 0 Å². The van der Waals surface area contributed by atoms with E-state index in [0.717, 1.165) is 12.8 Å². The maximum Gasteiger partial charge on any atom is 0.289 e. The molecule has 1 amide bonds. The molecule has 1 aliphatic rings. The van der Waals surface area contributed by atoms with Crippen molar-refractivity contribution >= 4 is 23.1 Å². The fourth-order valence-corrected chi connectivity index (χ4v) is 2.21. The first kappa shape index (κ1) is 12.1. The maximum atomic E-state index is 12.0. The van der Waals surface area contributed by atoms with Crippen LogP contribution in [0.1, 0.15) is 30.3 Å². The molecular formula is C12H16N2O2S. The van der Waals surface area contributed by atoms with Crippen LogP contribution in [0.5, 0.6) is 0 Å². The van der Waals surface area contributed by atoms with Gasteiger partial charge in [-0.15, -0.1) is 0 Å². The van der Waals surface area contributed by atoms with Crippen LogP contribution in [0.25, 0.3) is 0 Å². The van der Waals surface area contributed by atoms with E-state index in [-0.39, 0.29) is 11.3 Å². The first-order valence-electron chi connectivity index (χ1n) is 5.66. The lowest BCUT2D eigenvalue weighted by Crippen LogP contribution is -2.46. The summed E-state index contributed by atoms with van der Waals surface area (Å²) in [4.78, 5) is 14.3. The summed E-state index contributed by atoms with van der Waals surface area (Å²) in [7, 11) is 0. The third kappa shape index (κ3) is 2.34. The average molecular weight is 252 g/mol. The number of carbonyl (C=O) groups excluding carboxylic acids is 1. The highest BCUT2D eigenvalue weighted by Crippen LogP contribution is 2.31. The zero-order valence-electron chi connectivity index (χ0n) is 9.81. The van der Waals surface area contributed by atoms with Crippen molar-refractivity contribution in [3.63, 3.8) is 0 Å². The quantitative estimate of drug-likeness (QED) is 0.815. The van der Waals surface area contributed by atoms with Gasteiger partial charge in [0, 0.05) is 18.5 Å². The number of likely N-dealkylation sites (tertiary alicyclic amines) is 1. The van der Waals surface area contributed by atoms with Gasteiger partial charge in [0.1, 0.15) is 0 Å². The van der Waals surface area contributed by atoms with Gasteiger partial charge in [-0.05, 0) is 25.0 Å². The lowest BCUT2D eigenvalue weighted by Gasteiger charge is -2.38. The van der Waals surface area contributed by atoms with Gasteiger partial charge in [0.25, 0.3) is 5.91 Å². The van der Waals surface area contributed by atoms with E-state index in [4.69, 9.17) is 22.4 Å². The van der Waals surface area contributed by atoms with Crippen molar-refractivity contribution in [2.24, 2.45) is 11.1 Å².